The molecule has 1 aromatic rings. The molecule has 1 aromatic heterocycles. The summed E-state index contributed by atoms with van der Waals surface area (Å²) in [6.07, 6.45) is 2.85. The number of hydrogen-bond acceptors (Lipinski definition) is 3. The van der Waals surface area contributed by atoms with Gasteiger partial charge in [0.2, 0.25) is 0 Å². The van der Waals surface area contributed by atoms with Crippen LogP contribution >= 0.6 is 0 Å². The number of carbonyl (C=O) groups is 1. The lowest BCUT2D eigenvalue weighted by molar-refractivity contribution is 0.111. The van der Waals surface area contributed by atoms with E-state index in [9.17, 15) is 4.79 Å². The Bertz CT molecular complexity index is 340. The average Bonchev–Trinajstić information content (AvgIpc) is 2.63. The van der Waals surface area contributed by atoms with Gasteiger partial charge in [-0.25, -0.2) is 4.68 Å². The molecule has 4 heteroatoms. The Balaban J connectivity index is 3.09. The quantitative estimate of drug-likeness (QED) is 0.696. The van der Waals surface area contributed by atoms with E-state index in [0.29, 0.717) is 17.5 Å². The molecule has 16 heavy (non-hydrogen) atoms. The third kappa shape index (κ3) is 2.68. The normalized spacial score (nSPS) is 11.4. The molecule has 0 fully saturated rings. The van der Waals surface area contributed by atoms with Crippen molar-refractivity contribution < 1.29 is 4.79 Å². The van der Waals surface area contributed by atoms with Crippen LogP contribution in [0, 0.1) is 5.92 Å². The predicted octanol–water partition coefficient (Wildman–Crippen LogP) is 2.65. The van der Waals surface area contributed by atoms with E-state index in [0.717, 1.165) is 31.4 Å². The van der Waals surface area contributed by atoms with Gasteiger partial charge >= 0.3 is 0 Å². The van der Waals surface area contributed by atoms with Crippen molar-refractivity contribution in [2.75, 3.05) is 0 Å². The maximum atomic E-state index is 10.9. The maximum absolute atomic E-state index is 10.9. The first kappa shape index (κ1) is 12.9. The highest BCUT2D eigenvalue weighted by molar-refractivity contribution is 5.73. The SMILES string of the molecule is CCC(CC)c1c(C=O)nnn1CC(C)C. The van der Waals surface area contributed by atoms with Crippen molar-refractivity contribution in [3.05, 3.63) is 11.4 Å². The average molecular weight is 223 g/mol. The minimum Gasteiger partial charge on any atom is -0.296 e. The van der Waals surface area contributed by atoms with E-state index < -0.39 is 0 Å². The third-order valence-electron chi connectivity index (χ3n) is 2.82. The smallest absolute Gasteiger partial charge is 0.172 e. The topological polar surface area (TPSA) is 47.8 Å². The van der Waals surface area contributed by atoms with Crippen molar-refractivity contribution in [1.29, 1.82) is 0 Å². The van der Waals surface area contributed by atoms with Crippen molar-refractivity contribution in [1.82, 2.24) is 15.0 Å². The zero-order valence-corrected chi connectivity index (χ0v) is 10.6. The summed E-state index contributed by atoms with van der Waals surface area (Å²) in [4.78, 5) is 10.9. The highest BCUT2D eigenvalue weighted by Crippen LogP contribution is 2.24. The molecule has 0 aliphatic heterocycles. The van der Waals surface area contributed by atoms with Gasteiger partial charge in [-0.1, -0.05) is 32.9 Å². The molecule has 0 amide bonds. The fourth-order valence-corrected chi connectivity index (χ4v) is 1.99. The van der Waals surface area contributed by atoms with Gasteiger partial charge in [-0.3, -0.25) is 4.79 Å². The van der Waals surface area contributed by atoms with Crippen LogP contribution in [0.15, 0.2) is 0 Å². The summed E-state index contributed by atoms with van der Waals surface area (Å²) in [5.74, 6) is 0.892. The molecule has 0 atom stereocenters. The van der Waals surface area contributed by atoms with E-state index in [1.165, 1.54) is 0 Å². The van der Waals surface area contributed by atoms with E-state index in [-0.39, 0.29) is 0 Å². The van der Waals surface area contributed by atoms with Crippen LogP contribution in [0.5, 0.6) is 0 Å². The van der Waals surface area contributed by atoms with Crippen LogP contribution in [0.3, 0.4) is 0 Å². The summed E-state index contributed by atoms with van der Waals surface area (Å²) < 4.78 is 1.89. The second kappa shape index (κ2) is 5.77. The molecule has 0 bridgehead atoms. The van der Waals surface area contributed by atoms with E-state index in [2.05, 4.69) is 38.0 Å². The second-order valence-electron chi connectivity index (χ2n) is 4.57. The molecule has 0 aliphatic rings. The molecule has 0 unspecified atom stereocenters. The number of hydrogen-bond donors (Lipinski definition) is 0. The van der Waals surface area contributed by atoms with Crippen LogP contribution in [0.2, 0.25) is 0 Å². The van der Waals surface area contributed by atoms with Crippen LogP contribution < -0.4 is 0 Å². The Morgan fingerprint density at radius 1 is 1.31 bits per heavy atom. The lowest BCUT2D eigenvalue weighted by Gasteiger charge is -2.15. The standard InChI is InChI=1S/C12H21N3O/c1-5-10(6-2)12-11(8-16)13-14-15(12)7-9(3)4/h8-10H,5-7H2,1-4H3. The molecule has 90 valence electrons. The predicted molar refractivity (Wildman–Crippen MR) is 63.6 cm³/mol. The molecule has 0 spiro atoms. The largest absolute Gasteiger partial charge is 0.296 e. The summed E-state index contributed by atoms with van der Waals surface area (Å²) in [5, 5.41) is 8.03. The first-order chi connectivity index (χ1) is 7.63. The van der Waals surface area contributed by atoms with Gasteiger partial charge in [0.05, 0.1) is 5.69 Å². The molecule has 0 aromatic carbocycles. The number of rotatable bonds is 6. The van der Waals surface area contributed by atoms with Crippen LogP contribution in [-0.4, -0.2) is 21.3 Å². The molecule has 0 N–H and O–H groups in total. The van der Waals surface area contributed by atoms with Crippen molar-refractivity contribution in [3.63, 3.8) is 0 Å². The van der Waals surface area contributed by atoms with Crippen molar-refractivity contribution in [3.8, 4) is 0 Å². The molecule has 0 saturated heterocycles. The molecule has 4 nitrogen and oxygen atoms in total. The summed E-state index contributed by atoms with van der Waals surface area (Å²) in [5.41, 5.74) is 1.52. The van der Waals surface area contributed by atoms with Gasteiger partial charge in [0, 0.05) is 12.5 Å². The summed E-state index contributed by atoms with van der Waals surface area (Å²) in [6, 6.07) is 0. The molecule has 0 saturated carbocycles. The first-order valence-electron chi connectivity index (χ1n) is 6.02. The Morgan fingerprint density at radius 3 is 2.38 bits per heavy atom. The zero-order chi connectivity index (χ0) is 12.1. The minimum absolute atomic E-state index is 0.383. The van der Waals surface area contributed by atoms with Gasteiger partial charge in [-0.15, -0.1) is 5.10 Å². The van der Waals surface area contributed by atoms with Crippen molar-refractivity contribution >= 4 is 6.29 Å². The Hall–Kier alpha value is -1.19. The fraction of sp³-hybridized carbons (Fsp3) is 0.750. The number of aldehydes is 1. The van der Waals surface area contributed by atoms with Gasteiger partial charge < -0.3 is 0 Å². The van der Waals surface area contributed by atoms with Crippen LogP contribution in [0.1, 0.15) is 62.6 Å². The summed E-state index contributed by atoms with van der Waals surface area (Å²) in [7, 11) is 0. The monoisotopic (exact) mass is 223 g/mol. The minimum atomic E-state index is 0.383. The number of nitrogens with zero attached hydrogens (tertiary/aromatic N) is 3. The Labute approximate surface area is 97.0 Å². The van der Waals surface area contributed by atoms with E-state index in [4.69, 9.17) is 0 Å². The van der Waals surface area contributed by atoms with E-state index in [1.54, 1.807) is 0 Å². The zero-order valence-electron chi connectivity index (χ0n) is 10.6. The lowest BCUT2D eigenvalue weighted by Crippen LogP contribution is -2.13. The maximum Gasteiger partial charge on any atom is 0.172 e. The highest BCUT2D eigenvalue weighted by Gasteiger charge is 2.19. The summed E-state index contributed by atoms with van der Waals surface area (Å²) in [6.45, 7) is 9.37. The third-order valence-corrected chi connectivity index (χ3v) is 2.82. The number of carbonyl (C=O) groups excluding carboxylic acids is 1. The molecule has 0 radical (unpaired) electrons. The highest BCUT2D eigenvalue weighted by atomic mass is 16.1. The van der Waals surface area contributed by atoms with Gasteiger partial charge in [0.25, 0.3) is 0 Å². The molecule has 1 rings (SSSR count). The van der Waals surface area contributed by atoms with Crippen LogP contribution in [0.25, 0.3) is 0 Å². The molecule has 1 heterocycles. The lowest BCUT2D eigenvalue weighted by atomic mass is 9.97. The van der Waals surface area contributed by atoms with Gasteiger partial charge in [0.1, 0.15) is 5.69 Å². The van der Waals surface area contributed by atoms with Gasteiger partial charge in [0.15, 0.2) is 6.29 Å². The Morgan fingerprint density at radius 2 is 1.94 bits per heavy atom. The molecular weight excluding hydrogens is 202 g/mol. The molecular formula is C12H21N3O. The van der Waals surface area contributed by atoms with Gasteiger partial charge in [-0.2, -0.15) is 0 Å². The summed E-state index contributed by atoms with van der Waals surface area (Å²) >= 11 is 0. The fourth-order valence-electron chi connectivity index (χ4n) is 1.99. The van der Waals surface area contributed by atoms with Crippen molar-refractivity contribution in [2.45, 2.75) is 53.0 Å². The second-order valence-corrected chi connectivity index (χ2v) is 4.57. The Kier molecular flexibility index (Phi) is 4.65. The van der Waals surface area contributed by atoms with Crippen molar-refractivity contribution in [2.24, 2.45) is 5.92 Å². The van der Waals surface area contributed by atoms with E-state index in [1.807, 2.05) is 4.68 Å². The molecule has 0 aliphatic carbocycles. The first-order valence-corrected chi connectivity index (χ1v) is 6.02. The van der Waals surface area contributed by atoms with Crippen LogP contribution in [-0.2, 0) is 6.54 Å². The van der Waals surface area contributed by atoms with Gasteiger partial charge in [-0.05, 0) is 18.8 Å². The van der Waals surface area contributed by atoms with E-state index >= 15 is 0 Å². The van der Waals surface area contributed by atoms with Crippen LogP contribution in [0.4, 0.5) is 0 Å². The number of aromatic nitrogens is 3.